The van der Waals surface area contributed by atoms with Gasteiger partial charge >= 0.3 is 0 Å². The van der Waals surface area contributed by atoms with Crippen molar-refractivity contribution in [1.29, 1.82) is 0 Å². The number of fused-ring (bicyclic) bond motifs is 6. The van der Waals surface area contributed by atoms with Crippen LogP contribution in [0.4, 0.5) is 0 Å². The van der Waals surface area contributed by atoms with Crippen LogP contribution in [0.2, 0.25) is 0 Å². The second-order valence-corrected chi connectivity index (χ2v) is 15.1. The monoisotopic (exact) mass is 410 g/mol. The van der Waals surface area contributed by atoms with E-state index in [1.165, 1.54) is 77.0 Å². The standard InChI is InChI=1S/C30H50/c1-25(2)16-17-27(5)18-19-29(7)22-10-11-23-26(3,4)13-9-14-28(23,6)21(22)12-15-30(29,8)24(27)20-25/h23-24H,9-20H2,1-8H3/t23?,24-,27-,28-,29-,30?/m1/s1. The fourth-order valence-corrected chi connectivity index (χ4v) is 10.6. The summed E-state index contributed by atoms with van der Waals surface area (Å²) < 4.78 is 0. The largest absolute Gasteiger partial charge is 0.0642 e. The molecule has 5 aliphatic carbocycles. The maximum Gasteiger partial charge on any atom is -0.00566 e. The molecule has 0 amide bonds. The van der Waals surface area contributed by atoms with Crippen molar-refractivity contribution in [3.63, 3.8) is 0 Å². The average Bonchev–Trinajstić information content (AvgIpc) is 2.64. The minimum Gasteiger partial charge on any atom is -0.0642 e. The molecule has 0 aromatic rings. The molecule has 0 aliphatic heterocycles. The van der Waals surface area contributed by atoms with Gasteiger partial charge < -0.3 is 0 Å². The van der Waals surface area contributed by atoms with E-state index >= 15 is 0 Å². The van der Waals surface area contributed by atoms with Crippen LogP contribution in [-0.4, -0.2) is 0 Å². The predicted molar refractivity (Wildman–Crippen MR) is 129 cm³/mol. The summed E-state index contributed by atoms with van der Waals surface area (Å²) in [6.07, 6.45) is 17.4. The molecule has 0 aromatic carbocycles. The zero-order valence-corrected chi connectivity index (χ0v) is 21.6. The Morgan fingerprint density at radius 3 is 2.07 bits per heavy atom. The summed E-state index contributed by atoms with van der Waals surface area (Å²) in [4.78, 5) is 0. The summed E-state index contributed by atoms with van der Waals surface area (Å²) in [5, 5.41) is 0. The third kappa shape index (κ3) is 2.64. The molecule has 0 radical (unpaired) electrons. The van der Waals surface area contributed by atoms with E-state index in [1.54, 1.807) is 0 Å². The van der Waals surface area contributed by atoms with E-state index in [0.29, 0.717) is 32.5 Å². The van der Waals surface area contributed by atoms with Gasteiger partial charge in [0.15, 0.2) is 0 Å². The lowest BCUT2D eigenvalue weighted by Crippen LogP contribution is -2.60. The van der Waals surface area contributed by atoms with Gasteiger partial charge in [0.05, 0.1) is 0 Å². The van der Waals surface area contributed by atoms with Crippen LogP contribution in [0.15, 0.2) is 11.1 Å². The maximum absolute atomic E-state index is 2.76. The molecule has 5 aliphatic rings. The van der Waals surface area contributed by atoms with Gasteiger partial charge in [-0.3, -0.25) is 0 Å². The van der Waals surface area contributed by atoms with Crippen LogP contribution in [-0.2, 0) is 0 Å². The van der Waals surface area contributed by atoms with E-state index in [9.17, 15) is 0 Å². The third-order valence-electron chi connectivity index (χ3n) is 12.7. The van der Waals surface area contributed by atoms with E-state index in [4.69, 9.17) is 0 Å². The van der Waals surface area contributed by atoms with Crippen LogP contribution < -0.4 is 0 Å². The molecule has 3 saturated carbocycles. The topological polar surface area (TPSA) is 0 Å². The highest BCUT2D eigenvalue weighted by atomic mass is 14.7. The lowest BCUT2D eigenvalue weighted by molar-refractivity contribution is -0.151. The fourth-order valence-electron chi connectivity index (χ4n) is 10.6. The summed E-state index contributed by atoms with van der Waals surface area (Å²) in [5.41, 5.74) is 7.08. The first-order valence-corrected chi connectivity index (χ1v) is 13.5. The molecule has 0 N–H and O–H groups in total. The molecule has 0 saturated heterocycles. The summed E-state index contributed by atoms with van der Waals surface area (Å²) in [6, 6.07) is 0. The Morgan fingerprint density at radius 2 is 1.33 bits per heavy atom. The van der Waals surface area contributed by atoms with E-state index in [0.717, 1.165) is 11.8 Å². The van der Waals surface area contributed by atoms with Crippen LogP contribution in [0, 0.1) is 44.3 Å². The van der Waals surface area contributed by atoms with Gasteiger partial charge in [0.2, 0.25) is 0 Å². The SMILES string of the molecule is CC1(C)CC[C@]2(C)CC[C@]3(C)C4=C(CCC3(C)[C@@H]2C1)[C@@]1(C)CCCC(C)(C)C1CC4. The summed E-state index contributed by atoms with van der Waals surface area (Å²) >= 11 is 0. The van der Waals surface area contributed by atoms with Crippen LogP contribution in [0.3, 0.4) is 0 Å². The summed E-state index contributed by atoms with van der Waals surface area (Å²) in [7, 11) is 0. The van der Waals surface area contributed by atoms with Crippen LogP contribution in [0.25, 0.3) is 0 Å². The third-order valence-corrected chi connectivity index (χ3v) is 12.7. The Labute approximate surface area is 188 Å². The van der Waals surface area contributed by atoms with Crippen molar-refractivity contribution in [2.45, 2.75) is 132 Å². The number of hydrogen-bond acceptors (Lipinski definition) is 0. The normalized spacial score (nSPS) is 52.0. The highest BCUT2D eigenvalue weighted by Gasteiger charge is 2.65. The molecule has 0 bridgehead atoms. The molecular weight excluding hydrogens is 360 g/mol. The Morgan fingerprint density at radius 1 is 0.633 bits per heavy atom. The Kier molecular flexibility index (Phi) is 4.46. The molecule has 0 heteroatoms. The lowest BCUT2D eigenvalue weighted by atomic mass is 9.35. The van der Waals surface area contributed by atoms with E-state index < -0.39 is 0 Å². The number of allylic oxidation sites excluding steroid dienone is 2. The first-order chi connectivity index (χ1) is 13.8. The minimum absolute atomic E-state index is 0.452. The molecule has 5 rings (SSSR count). The number of hydrogen-bond donors (Lipinski definition) is 0. The van der Waals surface area contributed by atoms with Gasteiger partial charge in [0.25, 0.3) is 0 Å². The highest BCUT2D eigenvalue weighted by molar-refractivity contribution is 5.38. The van der Waals surface area contributed by atoms with E-state index in [1.807, 2.05) is 11.1 Å². The molecule has 30 heavy (non-hydrogen) atoms. The van der Waals surface area contributed by atoms with Crippen molar-refractivity contribution in [2.75, 3.05) is 0 Å². The molecule has 0 heterocycles. The van der Waals surface area contributed by atoms with Gasteiger partial charge in [0.1, 0.15) is 0 Å². The summed E-state index contributed by atoms with van der Waals surface area (Å²) in [6.45, 7) is 21.2. The lowest BCUT2D eigenvalue weighted by Gasteiger charge is -2.69. The molecule has 0 spiro atoms. The molecule has 0 aromatic heterocycles. The van der Waals surface area contributed by atoms with Gasteiger partial charge in [-0.05, 0) is 115 Å². The van der Waals surface area contributed by atoms with Gasteiger partial charge in [-0.25, -0.2) is 0 Å². The molecule has 0 nitrogen and oxygen atoms in total. The van der Waals surface area contributed by atoms with E-state index in [-0.39, 0.29) is 0 Å². The highest BCUT2D eigenvalue weighted by Crippen LogP contribution is 2.75. The van der Waals surface area contributed by atoms with Crippen molar-refractivity contribution in [1.82, 2.24) is 0 Å². The smallest absolute Gasteiger partial charge is 0.00566 e. The van der Waals surface area contributed by atoms with Gasteiger partial charge in [-0.2, -0.15) is 0 Å². The van der Waals surface area contributed by atoms with Crippen molar-refractivity contribution >= 4 is 0 Å². The van der Waals surface area contributed by atoms with Gasteiger partial charge in [-0.15, -0.1) is 0 Å². The van der Waals surface area contributed by atoms with Crippen molar-refractivity contribution in [2.24, 2.45) is 44.3 Å². The van der Waals surface area contributed by atoms with Crippen molar-refractivity contribution < 1.29 is 0 Å². The second kappa shape index (κ2) is 6.20. The quantitative estimate of drug-likeness (QED) is 0.349. The average molecular weight is 411 g/mol. The Bertz CT molecular complexity index is 767. The second-order valence-electron chi connectivity index (χ2n) is 15.1. The van der Waals surface area contributed by atoms with Crippen LogP contribution >= 0.6 is 0 Å². The van der Waals surface area contributed by atoms with Crippen molar-refractivity contribution in [3.8, 4) is 0 Å². The Hall–Kier alpha value is -0.260. The first kappa shape index (κ1) is 21.6. The first-order valence-electron chi connectivity index (χ1n) is 13.5. The summed E-state index contributed by atoms with van der Waals surface area (Å²) in [5.74, 6) is 1.82. The molecule has 2 unspecified atom stereocenters. The number of rotatable bonds is 0. The molecule has 3 fully saturated rings. The van der Waals surface area contributed by atoms with Gasteiger partial charge in [0, 0.05) is 0 Å². The van der Waals surface area contributed by atoms with E-state index in [2.05, 4.69) is 55.4 Å². The zero-order chi connectivity index (χ0) is 21.8. The van der Waals surface area contributed by atoms with Crippen molar-refractivity contribution in [3.05, 3.63) is 11.1 Å². The zero-order valence-electron chi connectivity index (χ0n) is 21.6. The Balaban J connectivity index is 1.60. The fraction of sp³-hybridized carbons (Fsp3) is 0.933. The van der Waals surface area contributed by atoms with Crippen LogP contribution in [0.5, 0.6) is 0 Å². The maximum atomic E-state index is 2.76. The predicted octanol–water partition coefficient (Wildman–Crippen LogP) is 9.34. The molecule has 170 valence electrons. The van der Waals surface area contributed by atoms with Crippen LogP contribution in [0.1, 0.15) is 132 Å². The van der Waals surface area contributed by atoms with Gasteiger partial charge in [-0.1, -0.05) is 73.0 Å². The minimum atomic E-state index is 0.452. The molecular formula is C30H50. The molecule has 6 atom stereocenters.